The molecule has 0 bridgehead atoms. The minimum absolute atomic E-state index is 0.150. The molecule has 3 aromatic carbocycles. The van der Waals surface area contributed by atoms with Crippen molar-refractivity contribution in [2.75, 3.05) is 19.8 Å². The average Bonchev–Trinajstić information content (AvgIpc) is 3.13. The number of benzene rings is 3. The average molecular weight is 748 g/mol. The highest BCUT2D eigenvalue weighted by Crippen LogP contribution is 2.31. The molecule has 4 rings (SSSR count). The molecule has 53 heavy (non-hydrogen) atoms. The minimum atomic E-state index is -1.03. The minimum Gasteiger partial charge on any atom is -0.488 e. The first-order valence-electron chi connectivity index (χ1n) is 17.7. The zero-order valence-corrected chi connectivity index (χ0v) is 31.9. The molecule has 0 aliphatic carbocycles. The topological polar surface area (TPSA) is 149 Å². The second kappa shape index (κ2) is 19.9. The summed E-state index contributed by atoms with van der Waals surface area (Å²) in [5, 5.41) is 10.1. The summed E-state index contributed by atoms with van der Waals surface area (Å²) in [6, 6.07) is 21.7. The molecule has 3 atom stereocenters. The molecule has 0 saturated heterocycles. The number of carbonyl (C=O) groups is 3. The summed E-state index contributed by atoms with van der Waals surface area (Å²) < 4.78 is 17.9. The zero-order chi connectivity index (χ0) is 38.4. The second-order valence-corrected chi connectivity index (χ2v) is 13.9. The van der Waals surface area contributed by atoms with Crippen LogP contribution in [0.25, 0.3) is 10.9 Å². The number of aromatic nitrogens is 1. The fraction of sp³-hybridized carbons (Fsp3) is 0.400. The molecule has 12 nitrogen and oxygen atoms in total. The molecule has 0 aliphatic heterocycles. The molecule has 0 saturated carbocycles. The molecule has 1 unspecified atom stereocenters. The van der Waals surface area contributed by atoms with Crippen LogP contribution in [0.5, 0.6) is 5.75 Å². The quantitative estimate of drug-likeness (QED) is 0.0674. The third-order valence-electron chi connectivity index (χ3n) is 8.09. The number of para-hydroxylation sites is 1. The fourth-order valence-electron chi connectivity index (χ4n) is 5.68. The number of rotatable bonds is 18. The maximum atomic E-state index is 14.3. The van der Waals surface area contributed by atoms with Crippen molar-refractivity contribution in [3.05, 3.63) is 107 Å². The van der Waals surface area contributed by atoms with Crippen LogP contribution >= 0.6 is 11.6 Å². The van der Waals surface area contributed by atoms with Crippen LogP contribution in [0.1, 0.15) is 64.3 Å². The SMILES string of the molecule is CCOC(OCC)[C@@H](C)[C@H](NC(=O)C(Cc1ccc(OC(C)(C)C)cc1)NC(=O)CONC(=O)NCc1ccc(Cl)cc1)c1cccc2cccnc12. The molecule has 0 radical (unpaired) electrons. The molecule has 0 spiro atoms. The molecule has 4 aromatic rings. The van der Waals surface area contributed by atoms with E-state index in [-0.39, 0.29) is 24.5 Å². The molecular weight excluding hydrogens is 698 g/mol. The number of ether oxygens (including phenoxy) is 3. The number of carbonyl (C=O) groups excluding carboxylic acids is 3. The number of pyridine rings is 1. The molecule has 0 fully saturated rings. The highest BCUT2D eigenvalue weighted by Gasteiger charge is 2.33. The summed E-state index contributed by atoms with van der Waals surface area (Å²) >= 11 is 5.92. The molecule has 284 valence electrons. The van der Waals surface area contributed by atoms with Crippen LogP contribution in [-0.2, 0) is 36.9 Å². The van der Waals surface area contributed by atoms with Gasteiger partial charge in [0.05, 0.1) is 11.6 Å². The molecule has 4 amide bonds. The van der Waals surface area contributed by atoms with Crippen molar-refractivity contribution >= 4 is 40.3 Å². The van der Waals surface area contributed by atoms with Gasteiger partial charge in [-0.15, -0.1) is 0 Å². The first kappa shape index (κ1) is 41.0. The van der Waals surface area contributed by atoms with E-state index in [9.17, 15) is 14.4 Å². The smallest absolute Gasteiger partial charge is 0.338 e. The van der Waals surface area contributed by atoms with Crippen molar-refractivity contribution in [2.24, 2.45) is 5.92 Å². The summed E-state index contributed by atoms with van der Waals surface area (Å²) in [5.74, 6) is -0.752. The predicted octanol–water partition coefficient (Wildman–Crippen LogP) is 6.42. The summed E-state index contributed by atoms with van der Waals surface area (Å²) in [6.45, 7) is 12.1. The maximum absolute atomic E-state index is 14.3. The number of amides is 4. The number of fused-ring (bicyclic) bond motifs is 1. The van der Waals surface area contributed by atoms with Gasteiger partial charge in [0.25, 0.3) is 0 Å². The van der Waals surface area contributed by atoms with Crippen molar-refractivity contribution in [1.29, 1.82) is 0 Å². The molecule has 1 heterocycles. The monoisotopic (exact) mass is 747 g/mol. The van der Waals surface area contributed by atoms with Crippen LogP contribution in [0.2, 0.25) is 5.02 Å². The van der Waals surface area contributed by atoms with Gasteiger partial charge in [0.15, 0.2) is 12.9 Å². The highest BCUT2D eigenvalue weighted by molar-refractivity contribution is 6.30. The first-order valence-corrected chi connectivity index (χ1v) is 18.1. The summed E-state index contributed by atoms with van der Waals surface area (Å²) in [4.78, 5) is 49.7. The van der Waals surface area contributed by atoms with E-state index in [1.165, 1.54) is 0 Å². The van der Waals surface area contributed by atoms with Gasteiger partial charge in [0, 0.05) is 54.3 Å². The van der Waals surface area contributed by atoms with Crippen LogP contribution in [0.4, 0.5) is 4.79 Å². The third kappa shape index (κ3) is 13.0. The number of nitrogens with one attached hydrogen (secondary N) is 4. The Kier molecular flexibility index (Phi) is 15.4. The maximum Gasteiger partial charge on any atom is 0.338 e. The Morgan fingerprint density at radius 3 is 2.17 bits per heavy atom. The largest absolute Gasteiger partial charge is 0.488 e. The van der Waals surface area contributed by atoms with Crippen molar-refractivity contribution in [3.63, 3.8) is 0 Å². The van der Waals surface area contributed by atoms with Crippen molar-refractivity contribution in [1.82, 2.24) is 26.4 Å². The summed E-state index contributed by atoms with van der Waals surface area (Å²) in [6.07, 6.45) is 1.22. The molecule has 1 aromatic heterocycles. The number of hydrogen-bond donors (Lipinski definition) is 4. The Labute approximate surface area is 316 Å². The van der Waals surface area contributed by atoms with Crippen molar-refractivity contribution in [3.8, 4) is 5.75 Å². The van der Waals surface area contributed by atoms with Crippen molar-refractivity contribution in [2.45, 2.75) is 78.5 Å². The zero-order valence-electron chi connectivity index (χ0n) is 31.1. The standard InChI is InChI=1S/C40H50ClN5O7/c1-7-50-38(51-8-2)26(3)35(32-13-9-11-29-12-10-22-42-36(29)32)45-37(48)33(23-27-16-20-31(21-17-27)53-40(4,5)6)44-34(47)25-52-46-39(49)43-24-28-14-18-30(41)19-15-28/h9-22,26,33,35,38H,7-8,23-25H2,1-6H3,(H,44,47)(H,45,48)(H2,43,46,49)/t26-,33?,35-/m0/s1. The van der Waals surface area contributed by atoms with E-state index >= 15 is 0 Å². The van der Waals surface area contributed by atoms with E-state index in [0.717, 1.165) is 27.6 Å². The second-order valence-electron chi connectivity index (χ2n) is 13.4. The summed E-state index contributed by atoms with van der Waals surface area (Å²) in [7, 11) is 0. The lowest BCUT2D eigenvalue weighted by atomic mass is 9.91. The Bertz CT molecular complexity index is 1770. The van der Waals surface area contributed by atoms with Crippen LogP contribution in [0.15, 0.2) is 85.1 Å². The lowest BCUT2D eigenvalue weighted by Crippen LogP contribution is -2.51. The Morgan fingerprint density at radius 2 is 1.51 bits per heavy atom. The normalized spacial score (nSPS) is 13.2. The van der Waals surface area contributed by atoms with Gasteiger partial charge < -0.3 is 30.2 Å². The van der Waals surface area contributed by atoms with Gasteiger partial charge in [-0.1, -0.05) is 67.1 Å². The van der Waals surface area contributed by atoms with Crippen LogP contribution in [0.3, 0.4) is 0 Å². The fourth-order valence-corrected chi connectivity index (χ4v) is 5.80. The van der Waals surface area contributed by atoms with Gasteiger partial charge in [-0.2, -0.15) is 0 Å². The van der Waals surface area contributed by atoms with Crippen LogP contribution in [0, 0.1) is 5.92 Å². The van der Waals surface area contributed by atoms with Gasteiger partial charge in [-0.3, -0.25) is 19.4 Å². The number of halogens is 1. The van der Waals surface area contributed by atoms with E-state index in [4.69, 9.17) is 30.6 Å². The van der Waals surface area contributed by atoms with E-state index in [0.29, 0.717) is 24.0 Å². The van der Waals surface area contributed by atoms with E-state index in [1.807, 2.05) is 96.1 Å². The highest BCUT2D eigenvalue weighted by atomic mass is 35.5. The van der Waals surface area contributed by atoms with Gasteiger partial charge in [-0.05, 0) is 76.1 Å². The van der Waals surface area contributed by atoms with Crippen LogP contribution < -0.4 is 26.2 Å². The number of urea groups is 1. The van der Waals surface area contributed by atoms with E-state index in [1.54, 1.807) is 30.5 Å². The summed E-state index contributed by atoms with van der Waals surface area (Å²) in [5.41, 5.74) is 4.93. The van der Waals surface area contributed by atoms with Gasteiger partial charge in [0.2, 0.25) is 11.8 Å². The molecule has 0 aliphatic rings. The van der Waals surface area contributed by atoms with Gasteiger partial charge in [-0.25, -0.2) is 10.3 Å². The lowest BCUT2D eigenvalue weighted by Gasteiger charge is -2.33. The first-order chi connectivity index (χ1) is 25.4. The van der Waals surface area contributed by atoms with Gasteiger partial charge in [0.1, 0.15) is 17.4 Å². The predicted molar refractivity (Wildman–Crippen MR) is 204 cm³/mol. The molecular formula is C40H50ClN5O7. The Balaban J connectivity index is 1.54. The Morgan fingerprint density at radius 1 is 0.849 bits per heavy atom. The van der Waals surface area contributed by atoms with E-state index in [2.05, 4.69) is 26.4 Å². The van der Waals surface area contributed by atoms with E-state index < -0.39 is 42.8 Å². The number of hydroxylamine groups is 1. The molecule has 13 heteroatoms. The van der Waals surface area contributed by atoms with Gasteiger partial charge >= 0.3 is 6.03 Å². The number of nitrogens with zero attached hydrogens (tertiary/aromatic N) is 1. The van der Waals surface area contributed by atoms with Crippen LogP contribution in [-0.4, -0.2) is 60.6 Å². The number of hydrogen-bond acceptors (Lipinski definition) is 8. The lowest BCUT2D eigenvalue weighted by molar-refractivity contribution is -0.170. The third-order valence-corrected chi connectivity index (χ3v) is 8.34. The van der Waals surface area contributed by atoms with Crippen molar-refractivity contribution < 1.29 is 33.4 Å². The Hall–Kier alpha value is -4.75. The molecule has 4 N–H and O–H groups in total.